The molecule has 0 saturated carbocycles. The summed E-state index contributed by atoms with van der Waals surface area (Å²) in [5.74, 6) is -1.76. The minimum atomic E-state index is -4.85. The lowest BCUT2D eigenvalue weighted by Gasteiger charge is -2.10. The molecular weight excluding hydrogens is 461 g/mol. The van der Waals surface area contributed by atoms with E-state index in [1.165, 1.54) is 6.92 Å². The fraction of sp³-hybridized carbons (Fsp3) is 0.125. The number of benzene rings is 2. The molecule has 2 aromatic carbocycles. The summed E-state index contributed by atoms with van der Waals surface area (Å²) in [6.07, 6.45) is -4.85. The van der Waals surface area contributed by atoms with E-state index >= 15 is 0 Å². The van der Waals surface area contributed by atoms with Crippen LogP contribution in [-0.2, 0) is 12.7 Å². The van der Waals surface area contributed by atoms with Crippen molar-refractivity contribution in [1.29, 1.82) is 5.26 Å². The normalized spacial score (nSPS) is 11.3. The Bertz CT molecular complexity index is 1500. The van der Waals surface area contributed by atoms with Crippen molar-refractivity contribution in [3.8, 4) is 6.07 Å². The van der Waals surface area contributed by atoms with Gasteiger partial charge in [-0.15, -0.1) is 0 Å². The number of halogens is 3. The van der Waals surface area contributed by atoms with Crippen LogP contribution in [0.5, 0.6) is 0 Å². The number of para-hydroxylation sites is 1. The van der Waals surface area contributed by atoms with Crippen LogP contribution in [0.2, 0.25) is 0 Å². The lowest BCUT2D eigenvalue weighted by atomic mass is 10.1. The zero-order valence-electron chi connectivity index (χ0n) is 18.2. The minimum Gasteiger partial charge on any atom is -0.366 e. The molecule has 0 radical (unpaired) electrons. The van der Waals surface area contributed by atoms with Crippen molar-refractivity contribution in [3.05, 3.63) is 88.4 Å². The Hall–Kier alpha value is -4.72. The number of fused-ring (bicyclic) bond motifs is 1. The Morgan fingerprint density at radius 2 is 1.83 bits per heavy atom. The molecule has 0 fully saturated rings. The van der Waals surface area contributed by atoms with Crippen molar-refractivity contribution in [3.63, 3.8) is 0 Å². The molecule has 0 atom stereocenters. The third-order valence-electron chi connectivity index (χ3n) is 5.34. The molecule has 0 saturated heterocycles. The van der Waals surface area contributed by atoms with Gasteiger partial charge in [0.05, 0.1) is 40.6 Å². The monoisotopic (exact) mass is 478 g/mol. The van der Waals surface area contributed by atoms with E-state index in [9.17, 15) is 22.8 Å². The van der Waals surface area contributed by atoms with Gasteiger partial charge in [-0.3, -0.25) is 14.3 Å². The minimum absolute atomic E-state index is 0.0173. The number of primary amides is 1. The maximum absolute atomic E-state index is 13.8. The van der Waals surface area contributed by atoms with Crippen molar-refractivity contribution in [2.75, 3.05) is 5.32 Å². The van der Waals surface area contributed by atoms with Gasteiger partial charge in [0.1, 0.15) is 5.69 Å². The maximum Gasteiger partial charge on any atom is 0.437 e. The number of nitrogens with two attached hydrogens (primary N) is 1. The topological polar surface area (TPSA) is 127 Å². The summed E-state index contributed by atoms with van der Waals surface area (Å²) in [7, 11) is 0. The summed E-state index contributed by atoms with van der Waals surface area (Å²) in [5, 5.41) is 15.3. The molecule has 0 unspecified atom stereocenters. The first kappa shape index (κ1) is 23.4. The van der Waals surface area contributed by atoms with Crippen LogP contribution in [0.4, 0.5) is 18.9 Å². The van der Waals surface area contributed by atoms with Crippen LogP contribution in [0.1, 0.15) is 43.4 Å². The SMILES string of the molecule is Cc1c(NC(=O)c2cc(C(N)=O)c3ccccc3n2)c(C(F)(F)F)nn1Cc1ccc(C#N)cc1. The number of rotatable bonds is 5. The van der Waals surface area contributed by atoms with Gasteiger partial charge >= 0.3 is 6.18 Å². The standard InChI is InChI=1S/C24H17F3N6O2/c1-13-20(21(24(25,26)27)32-33(13)12-15-8-6-14(11-28)7-9-15)31-23(35)19-10-17(22(29)34)16-4-2-3-5-18(16)30-19/h2-10H,12H2,1H3,(H2,29,34)(H,31,35). The summed E-state index contributed by atoms with van der Waals surface area (Å²) in [4.78, 5) is 29.0. The molecular formula is C24H17F3N6O2. The van der Waals surface area contributed by atoms with Gasteiger partial charge in [-0.05, 0) is 36.8 Å². The molecule has 0 aliphatic heterocycles. The number of nitriles is 1. The van der Waals surface area contributed by atoms with E-state index in [1.807, 2.05) is 6.07 Å². The van der Waals surface area contributed by atoms with E-state index in [1.54, 1.807) is 48.5 Å². The van der Waals surface area contributed by atoms with Crippen molar-refractivity contribution >= 4 is 28.4 Å². The molecule has 176 valence electrons. The van der Waals surface area contributed by atoms with E-state index in [0.717, 1.165) is 10.7 Å². The predicted octanol–water partition coefficient (Wildman–Crippen LogP) is 4.03. The Morgan fingerprint density at radius 3 is 2.46 bits per heavy atom. The Labute approximate surface area is 196 Å². The summed E-state index contributed by atoms with van der Waals surface area (Å²) in [6.45, 7) is 1.38. The smallest absolute Gasteiger partial charge is 0.366 e. The number of aromatic nitrogens is 3. The van der Waals surface area contributed by atoms with Crippen molar-refractivity contribution < 1.29 is 22.8 Å². The number of carbonyl (C=O) groups excluding carboxylic acids is 2. The van der Waals surface area contributed by atoms with E-state index in [4.69, 9.17) is 11.0 Å². The molecule has 35 heavy (non-hydrogen) atoms. The number of pyridine rings is 1. The van der Waals surface area contributed by atoms with Gasteiger partial charge in [0.15, 0.2) is 5.69 Å². The third kappa shape index (κ3) is 4.67. The van der Waals surface area contributed by atoms with Gasteiger partial charge < -0.3 is 11.1 Å². The third-order valence-corrected chi connectivity index (χ3v) is 5.34. The van der Waals surface area contributed by atoms with E-state index in [0.29, 0.717) is 22.0 Å². The van der Waals surface area contributed by atoms with Gasteiger partial charge in [-0.25, -0.2) is 4.98 Å². The van der Waals surface area contributed by atoms with Crippen molar-refractivity contribution in [2.45, 2.75) is 19.6 Å². The van der Waals surface area contributed by atoms with Crippen LogP contribution in [0.15, 0.2) is 54.6 Å². The summed E-state index contributed by atoms with van der Waals surface area (Å²) >= 11 is 0. The number of alkyl halides is 3. The largest absolute Gasteiger partial charge is 0.437 e. The highest BCUT2D eigenvalue weighted by molar-refractivity contribution is 6.10. The van der Waals surface area contributed by atoms with E-state index in [2.05, 4.69) is 15.4 Å². The maximum atomic E-state index is 13.8. The first-order chi connectivity index (χ1) is 16.6. The second kappa shape index (κ2) is 8.90. The molecule has 0 aliphatic carbocycles. The lowest BCUT2D eigenvalue weighted by molar-refractivity contribution is -0.140. The summed E-state index contributed by atoms with van der Waals surface area (Å²) < 4.78 is 42.4. The molecule has 3 N–H and O–H groups in total. The molecule has 0 bridgehead atoms. The van der Waals surface area contributed by atoms with Gasteiger partial charge in [0.25, 0.3) is 5.91 Å². The second-order valence-corrected chi connectivity index (χ2v) is 7.66. The van der Waals surface area contributed by atoms with Gasteiger partial charge in [-0.1, -0.05) is 30.3 Å². The average molecular weight is 478 g/mol. The molecule has 0 aliphatic rings. The molecule has 2 amide bonds. The number of nitrogens with one attached hydrogen (secondary N) is 1. The number of carbonyl (C=O) groups is 2. The summed E-state index contributed by atoms with van der Waals surface area (Å²) in [6, 6.07) is 15.9. The highest BCUT2D eigenvalue weighted by Crippen LogP contribution is 2.36. The average Bonchev–Trinajstić information content (AvgIpc) is 3.14. The Kier molecular flexibility index (Phi) is 5.96. The molecule has 11 heteroatoms. The quantitative estimate of drug-likeness (QED) is 0.448. The number of hydrogen-bond acceptors (Lipinski definition) is 5. The fourth-order valence-electron chi connectivity index (χ4n) is 3.58. The predicted molar refractivity (Wildman–Crippen MR) is 120 cm³/mol. The van der Waals surface area contributed by atoms with E-state index in [-0.39, 0.29) is 23.5 Å². The van der Waals surface area contributed by atoms with Crippen LogP contribution >= 0.6 is 0 Å². The second-order valence-electron chi connectivity index (χ2n) is 7.66. The fourth-order valence-corrected chi connectivity index (χ4v) is 3.58. The molecule has 8 nitrogen and oxygen atoms in total. The first-order valence-corrected chi connectivity index (χ1v) is 10.2. The van der Waals surface area contributed by atoms with Crippen LogP contribution in [0, 0.1) is 18.3 Å². The number of nitrogens with zero attached hydrogens (tertiary/aromatic N) is 4. The van der Waals surface area contributed by atoms with Crippen molar-refractivity contribution in [1.82, 2.24) is 14.8 Å². The lowest BCUT2D eigenvalue weighted by Crippen LogP contribution is -2.19. The van der Waals surface area contributed by atoms with Gasteiger partial charge in [0.2, 0.25) is 5.91 Å². The summed E-state index contributed by atoms with van der Waals surface area (Å²) in [5.41, 5.74) is 4.75. The van der Waals surface area contributed by atoms with Crippen molar-refractivity contribution in [2.24, 2.45) is 5.73 Å². The molecule has 4 aromatic rings. The van der Waals surface area contributed by atoms with Gasteiger partial charge in [0, 0.05) is 5.39 Å². The molecule has 2 aromatic heterocycles. The number of hydrogen-bond donors (Lipinski definition) is 2. The van der Waals surface area contributed by atoms with Crippen LogP contribution in [0.3, 0.4) is 0 Å². The van der Waals surface area contributed by atoms with Crippen LogP contribution in [0.25, 0.3) is 10.9 Å². The van der Waals surface area contributed by atoms with Gasteiger partial charge in [-0.2, -0.15) is 23.5 Å². The molecule has 0 spiro atoms. The van der Waals surface area contributed by atoms with Crippen LogP contribution < -0.4 is 11.1 Å². The molecule has 2 heterocycles. The Morgan fingerprint density at radius 1 is 1.14 bits per heavy atom. The molecule has 4 rings (SSSR count). The van der Waals surface area contributed by atoms with E-state index < -0.39 is 29.4 Å². The highest BCUT2D eigenvalue weighted by atomic mass is 19.4. The number of amides is 2. The highest BCUT2D eigenvalue weighted by Gasteiger charge is 2.39. The zero-order chi connectivity index (χ0) is 25.3. The first-order valence-electron chi connectivity index (χ1n) is 10.2. The zero-order valence-corrected chi connectivity index (χ0v) is 18.2. The Balaban J connectivity index is 1.72. The number of anilines is 1. The van der Waals surface area contributed by atoms with Crippen LogP contribution in [-0.4, -0.2) is 26.6 Å².